The second-order valence-corrected chi connectivity index (χ2v) is 3.51. The molecule has 0 aromatic heterocycles. The fourth-order valence-electron chi connectivity index (χ4n) is 1.29. The zero-order valence-electron chi connectivity index (χ0n) is 13.7. The van der Waals surface area contributed by atoms with E-state index in [4.69, 9.17) is 9.47 Å². The van der Waals surface area contributed by atoms with Gasteiger partial charge >= 0.3 is 0 Å². The largest absolute Gasteiger partial charge is 0.377 e. The highest BCUT2D eigenvalue weighted by Crippen LogP contribution is 2.07. The van der Waals surface area contributed by atoms with Crippen LogP contribution in [0.25, 0.3) is 0 Å². The topological polar surface area (TPSA) is 18.5 Å². The van der Waals surface area contributed by atoms with Gasteiger partial charge in [-0.3, -0.25) is 0 Å². The lowest BCUT2D eigenvalue weighted by Crippen LogP contribution is -1.95. The molecule has 0 amide bonds. The van der Waals surface area contributed by atoms with E-state index < -0.39 is 0 Å². The van der Waals surface area contributed by atoms with Crippen molar-refractivity contribution < 1.29 is 9.47 Å². The third-order valence-electron chi connectivity index (χ3n) is 2.11. The first kappa shape index (κ1) is 20.5. The maximum absolute atomic E-state index is 5.46. The molecule has 0 unspecified atom stereocenters. The average molecular weight is 268 g/mol. The van der Waals surface area contributed by atoms with Crippen molar-refractivity contribution in [3.05, 3.63) is 35.4 Å². The van der Waals surface area contributed by atoms with E-state index in [1.165, 1.54) is 11.1 Å². The molecule has 2 heteroatoms. The van der Waals surface area contributed by atoms with Gasteiger partial charge < -0.3 is 9.47 Å². The second-order valence-electron chi connectivity index (χ2n) is 3.51. The molecule has 0 aliphatic rings. The smallest absolute Gasteiger partial charge is 0.0716 e. The van der Waals surface area contributed by atoms with Crippen molar-refractivity contribution in [1.82, 2.24) is 0 Å². The monoisotopic (exact) mass is 268 g/mol. The molecule has 0 spiro atoms. The Morgan fingerprint density at radius 3 is 1.53 bits per heavy atom. The van der Waals surface area contributed by atoms with Gasteiger partial charge in [0.2, 0.25) is 0 Å². The van der Waals surface area contributed by atoms with Gasteiger partial charge in [0.05, 0.1) is 13.2 Å². The van der Waals surface area contributed by atoms with Crippen molar-refractivity contribution in [1.29, 1.82) is 0 Å². The Kier molecular flexibility index (Phi) is 18.5. The van der Waals surface area contributed by atoms with Crippen molar-refractivity contribution in [3.8, 4) is 0 Å². The molecule has 0 saturated heterocycles. The number of hydrogen-bond donors (Lipinski definition) is 0. The van der Waals surface area contributed by atoms with E-state index in [1.807, 2.05) is 34.6 Å². The van der Waals surface area contributed by atoms with Crippen molar-refractivity contribution >= 4 is 0 Å². The minimum Gasteiger partial charge on any atom is -0.377 e. The lowest BCUT2D eigenvalue weighted by Gasteiger charge is -2.05. The molecule has 0 N–H and O–H groups in total. The lowest BCUT2D eigenvalue weighted by atomic mass is 10.1. The molecule has 2 nitrogen and oxygen atoms in total. The Morgan fingerprint density at radius 2 is 1.16 bits per heavy atom. The first-order valence-corrected chi connectivity index (χ1v) is 7.60. The summed E-state index contributed by atoms with van der Waals surface area (Å²) in [6.07, 6.45) is 1.07. The van der Waals surface area contributed by atoms with Gasteiger partial charge in [-0.1, -0.05) is 58.9 Å². The Bertz CT molecular complexity index is 254. The third-order valence-corrected chi connectivity index (χ3v) is 2.11. The van der Waals surface area contributed by atoms with Crippen LogP contribution in [0.15, 0.2) is 24.3 Å². The van der Waals surface area contributed by atoms with Gasteiger partial charge in [-0.2, -0.15) is 0 Å². The first-order chi connectivity index (χ1) is 9.36. The Balaban J connectivity index is 0. The highest BCUT2D eigenvalue weighted by molar-refractivity contribution is 5.21. The number of hydrogen-bond acceptors (Lipinski definition) is 2. The molecule has 0 aliphatic heterocycles. The van der Waals surface area contributed by atoms with Crippen LogP contribution in [-0.4, -0.2) is 13.2 Å². The zero-order valence-corrected chi connectivity index (χ0v) is 13.7. The summed E-state index contributed by atoms with van der Waals surface area (Å²) in [6.45, 7) is 15.1. The highest BCUT2D eigenvalue weighted by atomic mass is 16.5. The normalized spacial score (nSPS) is 8.95. The van der Waals surface area contributed by atoms with Crippen molar-refractivity contribution in [2.45, 2.75) is 61.2 Å². The molecule has 0 heterocycles. The van der Waals surface area contributed by atoms with Crippen LogP contribution in [0.5, 0.6) is 0 Å². The molecule has 0 fully saturated rings. The van der Waals surface area contributed by atoms with E-state index in [1.54, 1.807) is 0 Å². The van der Waals surface area contributed by atoms with E-state index in [-0.39, 0.29) is 0 Å². The van der Waals surface area contributed by atoms with Crippen LogP contribution in [0.2, 0.25) is 0 Å². The minimum absolute atomic E-state index is 0.701. The van der Waals surface area contributed by atoms with Gasteiger partial charge in [0.25, 0.3) is 0 Å². The summed E-state index contributed by atoms with van der Waals surface area (Å²) in [5.74, 6) is 0. The summed E-state index contributed by atoms with van der Waals surface area (Å²) in [5, 5.41) is 0. The number of benzene rings is 1. The van der Waals surface area contributed by atoms with Crippen LogP contribution in [0.4, 0.5) is 0 Å². The van der Waals surface area contributed by atoms with Crippen LogP contribution in [0.3, 0.4) is 0 Å². The van der Waals surface area contributed by atoms with Gasteiger partial charge in [-0.05, 0) is 24.5 Å². The number of rotatable bonds is 7. The summed E-state index contributed by atoms with van der Waals surface area (Å²) in [7, 11) is 0. The first-order valence-electron chi connectivity index (χ1n) is 7.60. The van der Waals surface area contributed by atoms with Gasteiger partial charge in [0, 0.05) is 13.2 Å². The Hall–Kier alpha value is -0.860. The third kappa shape index (κ3) is 11.9. The van der Waals surface area contributed by atoms with Crippen molar-refractivity contribution in [2.75, 3.05) is 13.2 Å². The van der Waals surface area contributed by atoms with Crippen LogP contribution in [0.1, 0.15) is 59.1 Å². The molecular weight excluding hydrogens is 236 g/mol. The molecule has 1 rings (SSSR count). The summed E-state index contributed by atoms with van der Waals surface area (Å²) < 4.78 is 10.8. The molecule has 0 saturated carbocycles. The molecule has 0 atom stereocenters. The lowest BCUT2D eigenvalue weighted by molar-refractivity contribution is 0.121. The molecular formula is C17H32O2. The second kappa shape index (κ2) is 17.1. The van der Waals surface area contributed by atoms with Gasteiger partial charge in [0.1, 0.15) is 0 Å². The average Bonchev–Trinajstić information content (AvgIpc) is 2.51. The Labute approximate surface area is 120 Å². The predicted octanol–water partition coefficient (Wildman–Crippen LogP) is 5.20. The van der Waals surface area contributed by atoms with E-state index in [9.17, 15) is 0 Å². The van der Waals surface area contributed by atoms with Crippen LogP contribution < -0.4 is 0 Å². The van der Waals surface area contributed by atoms with E-state index >= 15 is 0 Å². The minimum atomic E-state index is 0.701. The summed E-state index contributed by atoms with van der Waals surface area (Å²) in [4.78, 5) is 0. The van der Waals surface area contributed by atoms with Crippen molar-refractivity contribution in [2.24, 2.45) is 0 Å². The molecule has 112 valence electrons. The van der Waals surface area contributed by atoms with Crippen LogP contribution in [0, 0.1) is 0 Å². The quantitative estimate of drug-likeness (QED) is 0.633. The summed E-state index contributed by atoms with van der Waals surface area (Å²) in [6, 6.07) is 8.40. The zero-order chi connectivity index (χ0) is 14.9. The number of ether oxygens (including phenoxy) is 2. The fraction of sp³-hybridized carbons (Fsp3) is 0.647. The van der Waals surface area contributed by atoms with E-state index in [0.29, 0.717) is 13.2 Å². The fourth-order valence-corrected chi connectivity index (χ4v) is 1.29. The molecule has 1 aromatic carbocycles. The summed E-state index contributed by atoms with van der Waals surface area (Å²) in [5.41, 5.74) is 2.44. The van der Waals surface area contributed by atoms with Crippen molar-refractivity contribution in [3.63, 3.8) is 0 Å². The van der Waals surface area contributed by atoms with Crippen LogP contribution >= 0.6 is 0 Å². The van der Waals surface area contributed by atoms with E-state index in [2.05, 4.69) is 31.2 Å². The van der Waals surface area contributed by atoms with Gasteiger partial charge in [0.15, 0.2) is 0 Å². The summed E-state index contributed by atoms with van der Waals surface area (Å²) >= 11 is 0. The SMILES string of the molecule is CC.CC.CCCOCc1ccc(COCC)cc1. The molecule has 19 heavy (non-hydrogen) atoms. The van der Waals surface area contributed by atoms with Gasteiger partial charge in [-0.25, -0.2) is 0 Å². The maximum Gasteiger partial charge on any atom is 0.0716 e. The van der Waals surface area contributed by atoms with E-state index in [0.717, 1.165) is 19.6 Å². The highest BCUT2D eigenvalue weighted by Gasteiger charge is 1.95. The standard InChI is InChI=1S/C13H20O2.2C2H6/c1-3-9-15-11-13-7-5-12(6-8-13)10-14-4-2;2*1-2/h5-8H,3-4,9-11H2,1-2H3;2*1-2H3. The Morgan fingerprint density at radius 1 is 0.737 bits per heavy atom. The predicted molar refractivity (Wildman–Crippen MR) is 84.4 cm³/mol. The molecule has 0 radical (unpaired) electrons. The van der Waals surface area contributed by atoms with Gasteiger partial charge in [-0.15, -0.1) is 0 Å². The molecule has 0 aliphatic carbocycles. The molecule has 1 aromatic rings. The van der Waals surface area contributed by atoms with Crippen LogP contribution in [-0.2, 0) is 22.7 Å². The maximum atomic E-state index is 5.46. The molecule has 0 bridgehead atoms.